The molecule has 1 atom stereocenters. The molecule has 2 aromatic carbocycles. The van der Waals surface area contributed by atoms with Crippen LogP contribution in [0.2, 0.25) is 0 Å². The summed E-state index contributed by atoms with van der Waals surface area (Å²) in [6, 6.07) is 15.0. The van der Waals surface area contributed by atoms with Crippen LogP contribution in [0.3, 0.4) is 0 Å². The van der Waals surface area contributed by atoms with Crippen molar-refractivity contribution in [1.29, 1.82) is 0 Å². The Kier molecular flexibility index (Phi) is 7.71. The molecule has 1 aliphatic heterocycles. The first-order valence-electron chi connectivity index (χ1n) is 7.83. The zero-order chi connectivity index (χ0) is 16.8. The molecule has 0 spiro atoms. The van der Waals surface area contributed by atoms with Gasteiger partial charge in [0.15, 0.2) is 0 Å². The Morgan fingerprint density at radius 3 is 2.40 bits per heavy atom. The molecule has 3 rings (SSSR count). The molecule has 0 bridgehead atoms. The number of carbonyl (C=O) groups excluding carboxylic acids is 1. The van der Waals surface area contributed by atoms with E-state index in [9.17, 15) is 4.79 Å². The molecule has 0 radical (unpaired) electrons. The van der Waals surface area contributed by atoms with Crippen molar-refractivity contribution in [3.8, 4) is 11.5 Å². The molecular weight excluding hydrogens is 408 g/mol. The van der Waals surface area contributed by atoms with E-state index >= 15 is 0 Å². The van der Waals surface area contributed by atoms with Gasteiger partial charge in [0.05, 0.1) is 13.2 Å². The molecule has 1 heterocycles. The molecule has 5 nitrogen and oxygen atoms in total. The Morgan fingerprint density at radius 1 is 1.16 bits per heavy atom. The number of amides is 1. The van der Waals surface area contributed by atoms with Crippen LogP contribution in [-0.4, -0.2) is 31.7 Å². The first kappa shape index (κ1) is 19.7. The summed E-state index contributed by atoms with van der Waals surface area (Å²) in [6.45, 7) is 2.07. The lowest BCUT2D eigenvalue weighted by atomic mass is 10.2. The first-order chi connectivity index (χ1) is 11.7. The standard InChI is InChI=1S/C18H19BrN2O3.ClH/c19-13-1-5-16(6-2-13)24-17-7-3-14(4-8-17)21-18(22)11-15-12-23-10-9-20-15;/h1-8,15,20H,9-12H2,(H,21,22);1H. The SMILES string of the molecule is Cl.O=C(CC1COCCN1)Nc1ccc(Oc2ccc(Br)cc2)cc1. The van der Waals surface area contributed by atoms with Crippen molar-refractivity contribution in [2.45, 2.75) is 12.5 Å². The molecule has 1 fully saturated rings. The van der Waals surface area contributed by atoms with E-state index in [0.29, 0.717) is 19.6 Å². The van der Waals surface area contributed by atoms with Gasteiger partial charge < -0.3 is 20.1 Å². The van der Waals surface area contributed by atoms with Crippen LogP contribution in [0.15, 0.2) is 53.0 Å². The van der Waals surface area contributed by atoms with Gasteiger partial charge in [-0.15, -0.1) is 12.4 Å². The maximum absolute atomic E-state index is 12.0. The minimum absolute atomic E-state index is 0. The van der Waals surface area contributed by atoms with Crippen LogP contribution >= 0.6 is 28.3 Å². The minimum atomic E-state index is -0.0282. The van der Waals surface area contributed by atoms with Crippen molar-refractivity contribution in [2.24, 2.45) is 0 Å². The second-order valence-electron chi connectivity index (χ2n) is 5.56. The fourth-order valence-electron chi connectivity index (χ4n) is 2.43. The third-order valence-corrected chi connectivity index (χ3v) is 4.15. The lowest BCUT2D eigenvalue weighted by molar-refractivity contribution is -0.117. The number of morpholine rings is 1. The fourth-order valence-corrected chi connectivity index (χ4v) is 2.70. The van der Waals surface area contributed by atoms with Gasteiger partial charge in [0.2, 0.25) is 5.91 Å². The van der Waals surface area contributed by atoms with Gasteiger partial charge in [-0.3, -0.25) is 4.79 Å². The van der Waals surface area contributed by atoms with E-state index in [-0.39, 0.29) is 24.4 Å². The van der Waals surface area contributed by atoms with E-state index in [4.69, 9.17) is 9.47 Å². The quantitative estimate of drug-likeness (QED) is 0.758. The van der Waals surface area contributed by atoms with Gasteiger partial charge >= 0.3 is 0 Å². The number of nitrogens with one attached hydrogen (secondary N) is 2. The molecule has 2 N–H and O–H groups in total. The largest absolute Gasteiger partial charge is 0.457 e. The molecule has 1 saturated heterocycles. The average molecular weight is 428 g/mol. The maximum Gasteiger partial charge on any atom is 0.226 e. The average Bonchev–Trinajstić information content (AvgIpc) is 2.59. The molecule has 1 unspecified atom stereocenters. The number of anilines is 1. The second kappa shape index (κ2) is 9.77. The van der Waals surface area contributed by atoms with Crippen molar-refractivity contribution < 1.29 is 14.3 Å². The number of hydrogen-bond acceptors (Lipinski definition) is 4. The van der Waals surface area contributed by atoms with Crippen LogP contribution in [0.5, 0.6) is 11.5 Å². The summed E-state index contributed by atoms with van der Waals surface area (Å²) >= 11 is 3.39. The zero-order valence-corrected chi connectivity index (χ0v) is 15.9. The Labute approximate surface area is 161 Å². The van der Waals surface area contributed by atoms with Crippen molar-refractivity contribution in [1.82, 2.24) is 5.32 Å². The molecule has 2 aromatic rings. The lowest BCUT2D eigenvalue weighted by Gasteiger charge is -2.23. The first-order valence-corrected chi connectivity index (χ1v) is 8.63. The van der Waals surface area contributed by atoms with E-state index in [1.165, 1.54) is 0 Å². The molecule has 1 aliphatic rings. The number of halogens is 2. The highest BCUT2D eigenvalue weighted by atomic mass is 79.9. The summed E-state index contributed by atoms with van der Waals surface area (Å²) in [6.07, 6.45) is 0.400. The molecule has 134 valence electrons. The third-order valence-electron chi connectivity index (χ3n) is 3.62. The number of benzene rings is 2. The predicted octanol–water partition coefficient (Wildman–Crippen LogP) is 3.98. The van der Waals surface area contributed by atoms with Gasteiger partial charge in [0.1, 0.15) is 11.5 Å². The van der Waals surface area contributed by atoms with Gasteiger partial charge in [-0.1, -0.05) is 15.9 Å². The molecule has 25 heavy (non-hydrogen) atoms. The number of rotatable bonds is 5. The predicted molar refractivity (Wildman–Crippen MR) is 104 cm³/mol. The van der Waals surface area contributed by atoms with Gasteiger partial charge in [0.25, 0.3) is 0 Å². The van der Waals surface area contributed by atoms with E-state index in [1.807, 2.05) is 48.5 Å². The molecule has 0 saturated carbocycles. The van der Waals surface area contributed by atoms with Crippen LogP contribution in [0.1, 0.15) is 6.42 Å². The van der Waals surface area contributed by atoms with E-state index in [0.717, 1.165) is 28.2 Å². The van der Waals surface area contributed by atoms with Gasteiger partial charge in [-0.05, 0) is 48.5 Å². The highest BCUT2D eigenvalue weighted by molar-refractivity contribution is 9.10. The van der Waals surface area contributed by atoms with Crippen LogP contribution in [-0.2, 0) is 9.53 Å². The second-order valence-corrected chi connectivity index (χ2v) is 6.47. The van der Waals surface area contributed by atoms with Crippen LogP contribution < -0.4 is 15.4 Å². The minimum Gasteiger partial charge on any atom is -0.457 e. The topological polar surface area (TPSA) is 59.6 Å². The Hall–Kier alpha value is -1.60. The summed E-state index contributed by atoms with van der Waals surface area (Å²) in [5.74, 6) is 1.45. The summed E-state index contributed by atoms with van der Waals surface area (Å²) in [7, 11) is 0. The summed E-state index contributed by atoms with van der Waals surface area (Å²) < 4.78 is 12.1. The summed E-state index contributed by atoms with van der Waals surface area (Å²) in [5, 5.41) is 6.16. The van der Waals surface area contributed by atoms with E-state index in [1.54, 1.807) is 0 Å². The Morgan fingerprint density at radius 2 is 1.80 bits per heavy atom. The molecule has 7 heteroatoms. The van der Waals surface area contributed by atoms with Gasteiger partial charge in [-0.2, -0.15) is 0 Å². The normalized spacial score (nSPS) is 16.6. The number of hydrogen-bond donors (Lipinski definition) is 2. The fraction of sp³-hybridized carbons (Fsp3) is 0.278. The Bertz CT molecular complexity index is 674. The van der Waals surface area contributed by atoms with E-state index < -0.39 is 0 Å². The van der Waals surface area contributed by atoms with Crippen LogP contribution in [0, 0.1) is 0 Å². The highest BCUT2D eigenvalue weighted by Gasteiger charge is 2.16. The lowest BCUT2D eigenvalue weighted by Crippen LogP contribution is -2.43. The smallest absolute Gasteiger partial charge is 0.226 e. The van der Waals surface area contributed by atoms with Gasteiger partial charge in [-0.25, -0.2) is 0 Å². The van der Waals surface area contributed by atoms with Crippen LogP contribution in [0.25, 0.3) is 0 Å². The van der Waals surface area contributed by atoms with E-state index in [2.05, 4.69) is 26.6 Å². The molecule has 0 aromatic heterocycles. The van der Waals surface area contributed by atoms with Crippen molar-refractivity contribution >= 4 is 39.9 Å². The van der Waals surface area contributed by atoms with Gasteiger partial charge in [0, 0.05) is 29.2 Å². The summed E-state index contributed by atoms with van der Waals surface area (Å²) in [5.41, 5.74) is 0.750. The van der Waals surface area contributed by atoms with Crippen molar-refractivity contribution in [3.63, 3.8) is 0 Å². The highest BCUT2D eigenvalue weighted by Crippen LogP contribution is 2.24. The Balaban J connectivity index is 0.00000225. The van der Waals surface area contributed by atoms with Crippen LogP contribution in [0.4, 0.5) is 5.69 Å². The maximum atomic E-state index is 12.0. The molecule has 0 aliphatic carbocycles. The molecule has 1 amide bonds. The molecular formula is C18H20BrClN2O3. The third kappa shape index (κ3) is 6.32. The number of ether oxygens (including phenoxy) is 2. The van der Waals surface area contributed by atoms with Crippen molar-refractivity contribution in [3.05, 3.63) is 53.0 Å². The zero-order valence-electron chi connectivity index (χ0n) is 13.5. The number of carbonyl (C=O) groups is 1. The van der Waals surface area contributed by atoms with Crippen molar-refractivity contribution in [2.75, 3.05) is 25.1 Å². The summed E-state index contributed by atoms with van der Waals surface area (Å²) in [4.78, 5) is 12.0. The monoisotopic (exact) mass is 426 g/mol.